The number of ether oxygens (including phenoxy) is 1. The number of hydrogen-bond donors (Lipinski definition) is 1. The number of hydrogen-bond acceptors (Lipinski definition) is 5. The van der Waals surface area contributed by atoms with Crippen LogP contribution in [-0.2, 0) is 9.53 Å². The summed E-state index contributed by atoms with van der Waals surface area (Å²) in [6.45, 7) is 12.7. The molecule has 122 valence electrons. The van der Waals surface area contributed by atoms with E-state index in [-0.39, 0.29) is 5.92 Å². The molecule has 21 heavy (non-hydrogen) atoms. The average molecular weight is 299 g/mol. The van der Waals surface area contributed by atoms with E-state index >= 15 is 0 Å². The van der Waals surface area contributed by atoms with Crippen LogP contribution in [0.4, 0.5) is 0 Å². The van der Waals surface area contributed by atoms with Gasteiger partial charge in [-0.2, -0.15) is 0 Å². The summed E-state index contributed by atoms with van der Waals surface area (Å²) in [4.78, 5) is 18.2. The van der Waals surface area contributed by atoms with E-state index in [9.17, 15) is 4.79 Å². The summed E-state index contributed by atoms with van der Waals surface area (Å²) >= 11 is 0. The van der Waals surface area contributed by atoms with Gasteiger partial charge >= 0.3 is 5.97 Å². The molecule has 6 heteroatoms. The molecule has 0 radical (unpaired) electrons. The molecule has 2 saturated heterocycles. The van der Waals surface area contributed by atoms with Gasteiger partial charge in [0.05, 0.1) is 19.1 Å². The molecule has 1 atom stereocenters. The molecule has 0 aliphatic carbocycles. The number of carboxylic acid groups (broad SMARTS) is 1. The van der Waals surface area contributed by atoms with Crippen LogP contribution < -0.4 is 0 Å². The fraction of sp³-hybridized carbons (Fsp3) is 0.933. The van der Waals surface area contributed by atoms with Gasteiger partial charge in [-0.15, -0.1) is 0 Å². The van der Waals surface area contributed by atoms with Crippen molar-refractivity contribution >= 4 is 5.97 Å². The molecule has 2 rings (SSSR count). The van der Waals surface area contributed by atoms with Crippen molar-refractivity contribution in [2.45, 2.75) is 13.3 Å². The minimum absolute atomic E-state index is 0.273. The van der Waals surface area contributed by atoms with Gasteiger partial charge in [-0.05, 0) is 19.5 Å². The van der Waals surface area contributed by atoms with Crippen LogP contribution in [0.2, 0.25) is 0 Å². The van der Waals surface area contributed by atoms with E-state index in [0.717, 1.165) is 72.0 Å². The van der Waals surface area contributed by atoms with Gasteiger partial charge in [-0.25, -0.2) is 0 Å². The molecule has 0 bridgehead atoms. The number of carbonyl (C=O) groups is 1. The van der Waals surface area contributed by atoms with Crippen LogP contribution in [0.25, 0.3) is 0 Å². The van der Waals surface area contributed by atoms with Crippen molar-refractivity contribution in [2.75, 3.05) is 72.1 Å². The van der Waals surface area contributed by atoms with E-state index in [2.05, 4.69) is 14.7 Å². The molecular weight excluding hydrogens is 270 g/mol. The highest BCUT2D eigenvalue weighted by Gasteiger charge is 2.20. The summed E-state index contributed by atoms with van der Waals surface area (Å²) in [5.41, 5.74) is 0. The third-order valence-electron chi connectivity index (χ3n) is 4.47. The minimum atomic E-state index is -0.691. The Labute approximate surface area is 127 Å². The summed E-state index contributed by atoms with van der Waals surface area (Å²) in [6, 6.07) is 0. The predicted molar refractivity (Wildman–Crippen MR) is 81.6 cm³/mol. The van der Waals surface area contributed by atoms with Gasteiger partial charge in [0.25, 0.3) is 0 Å². The summed E-state index contributed by atoms with van der Waals surface area (Å²) in [7, 11) is 0. The summed E-state index contributed by atoms with van der Waals surface area (Å²) in [5.74, 6) is -0.965. The Morgan fingerprint density at radius 3 is 2.24 bits per heavy atom. The van der Waals surface area contributed by atoms with Crippen LogP contribution in [0.15, 0.2) is 0 Å². The third-order valence-corrected chi connectivity index (χ3v) is 4.47. The highest BCUT2D eigenvalue weighted by Crippen LogP contribution is 2.07. The third kappa shape index (κ3) is 5.90. The van der Waals surface area contributed by atoms with Crippen molar-refractivity contribution in [2.24, 2.45) is 5.92 Å². The first-order valence-corrected chi connectivity index (χ1v) is 8.13. The summed E-state index contributed by atoms with van der Waals surface area (Å²) < 4.78 is 5.37. The Kier molecular flexibility index (Phi) is 6.89. The second-order valence-corrected chi connectivity index (χ2v) is 6.19. The maximum absolute atomic E-state index is 10.9. The van der Waals surface area contributed by atoms with Gasteiger partial charge in [0.1, 0.15) is 0 Å². The Morgan fingerprint density at radius 1 is 1.00 bits per heavy atom. The van der Waals surface area contributed by atoms with Crippen molar-refractivity contribution in [3.8, 4) is 0 Å². The number of rotatable bonds is 6. The molecule has 0 aromatic heterocycles. The predicted octanol–water partition coefficient (Wildman–Crippen LogP) is 0.0470. The van der Waals surface area contributed by atoms with Crippen LogP contribution in [0.3, 0.4) is 0 Å². The first-order chi connectivity index (χ1) is 10.1. The maximum atomic E-state index is 10.9. The van der Waals surface area contributed by atoms with Crippen molar-refractivity contribution in [3.63, 3.8) is 0 Å². The van der Waals surface area contributed by atoms with E-state index < -0.39 is 5.97 Å². The SMILES string of the molecule is CC(CN1CCCN(CCN2CCOCC2)CC1)C(=O)O. The Bertz CT molecular complexity index is 321. The fourth-order valence-corrected chi connectivity index (χ4v) is 3.00. The Balaban J connectivity index is 1.66. The normalized spacial score (nSPS) is 24.6. The number of aliphatic carboxylic acids is 1. The number of nitrogens with zero attached hydrogens (tertiary/aromatic N) is 3. The van der Waals surface area contributed by atoms with E-state index in [0.29, 0.717) is 6.54 Å². The number of morpholine rings is 1. The molecule has 2 heterocycles. The lowest BCUT2D eigenvalue weighted by atomic mass is 10.1. The number of carboxylic acids is 1. The van der Waals surface area contributed by atoms with Crippen molar-refractivity contribution < 1.29 is 14.6 Å². The topological polar surface area (TPSA) is 56.2 Å². The molecule has 2 aliphatic heterocycles. The van der Waals surface area contributed by atoms with Crippen LogP contribution in [-0.4, -0.2) is 97.9 Å². The van der Waals surface area contributed by atoms with Crippen LogP contribution in [0.5, 0.6) is 0 Å². The molecule has 2 aliphatic rings. The zero-order chi connectivity index (χ0) is 15.1. The minimum Gasteiger partial charge on any atom is -0.481 e. The van der Waals surface area contributed by atoms with Crippen LogP contribution in [0, 0.1) is 5.92 Å². The molecule has 6 nitrogen and oxygen atoms in total. The second-order valence-electron chi connectivity index (χ2n) is 6.19. The average Bonchev–Trinajstić information content (AvgIpc) is 2.71. The molecule has 0 saturated carbocycles. The molecule has 1 unspecified atom stereocenters. The van der Waals surface area contributed by atoms with Gasteiger partial charge in [0.2, 0.25) is 0 Å². The highest BCUT2D eigenvalue weighted by atomic mass is 16.5. The lowest BCUT2D eigenvalue weighted by molar-refractivity contribution is -0.141. The molecular formula is C15H29N3O3. The van der Waals surface area contributed by atoms with E-state index in [1.54, 1.807) is 6.92 Å². The molecule has 0 amide bonds. The largest absolute Gasteiger partial charge is 0.481 e. The lowest BCUT2D eigenvalue weighted by Crippen LogP contribution is -2.42. The van der Waals surface area contributed by atoms with Gasteiger partial charge in [0, 0.05) is 45.8 Å². The monoisotopic (exact) mass is 299 g/mol. The van der Waals surface area contributed by atoms with Gasteiger partial charge in [-0.3, -0.25) is 9.69 Å². The highest BCUT2D eigenvalue weighted by molar-refractivity contribution is 5.69. The van der Waals surface area contributed by atoms with Crippen LogP contribution in [0.1, 0.15) is 13.3 Å². The summed E-state index contributed by atoms with van der Waals surface area (Å²) in [6.07, 6.45) is 1.13. The zero-order valence-electron chi connectivity index (χ0n) is 13.2. The van der Waals surface area contributed by atoms with E-state index in [4.69, 9.17) is 9.84 Å². The molecule has 2 fully saturated rings. The van der Waals surface area contributed by atoms with Gasteiger partial charge in [0.15, 0.2) is 0 Å². The molecule has 0 spiro atoms. The zero-order valence-corrected chi connectivity index (χ0v) is 13.2. The second kappa shape index (κ2) is 8.68. The van der Waals surface area contributed by atoms with E-state index in [1.165, 1.54) is 0 Å². The summed E-state index contributed by atoms with van der Waals surface area (Å²) in [5, 5.41) is 9.01. The van der Waals surface area contributed by atoms with Crippen molar-refractivity contribution in [1.82, 2.24) is 14.7 Å². The quantitative estimate of drug-likeness (QED) is 0.748. The molecule has 0 aromatic rings. The van der Waals surface area contributed by atoms with Crippen LogP contribution >= 0.6 is 0 Å². The maximum Gasteiger partial charge on any atom is 0.307 e. The molecule has 1 N–H and O–H groups in total. The first kappa shape index (κ1) is 16.7. The van der Waals surface area contributed by atoms with Crippen molar-refractivity contribution in [1.29, 1.82) is 0 Å². The smallest absolute Gasteiger partial charge is 0.307 e. The Morgan fingerprint density at radius 2 is 1.57 bits per heavy atom. The Hall–Kier alpha value is -0.690. The van der Waals surface area contributed by atoms with Crippen molar-refractivity contribution in [3.05, 3.63) is 0 Å². The fourth-order valence-electron chi connectivity index (χ4n) is 3.00. The van der Waals surface area contributed by atoms with E-state index in [1.807, 2.05) is 0 Å². The first-order valence-electron chi connectivity index (χ1n) is 8.13. The van der Waals surface area contributed by atoms with Gasteiger partial charge < -0.3 is 19.6 Å². The molecule has 0 aromatic carbocycles. The van der Waals surface area contributed by atoms with Gasteiger partial charge in [-0.1, -0.05) is 6.92 Å². The lowest BCUT2D eigenvalue weighted by Gasteiger charge is -2.29. The standard InChI is InChI=1S/C15H29N3O3/c1-14(15(19)20)13-18-4-2-3-16(7-8-18)5-6-17-9-11-21-12-10-17/h14H,2-13H2,1H3,(H,19,20).